The Bertz CT molecular complexity index is 414. The number of halogens is 1. The third-order valence-electron chi connectivity index (χ3n) is 3.48. The van der Waals surface area contributed by atoms with E-state index in [-0.39, 0.29) is 5.54 Å². The molecule has 0 spiro atoms. The summed E-state index contributed by atoms with van der Waals surface area (Å²) in [7, 11) is 3.24. The van der Waals surface area contributed by atoms with Gasteiger partial charge in [0, 0.05) is 17.2 Å². The molecule has 0 amide bonds. The largest absolute Gasteiger partial charge is 0.497 e. The Hall–Kier alpha value is -0.930. The van der Waals surface area contributed by atoms with E-state index >= 15 is 0 Å². The van der Waals surface area contributed by atoms with Crippen LogP contribution < -0.4 is 15.2 Å². The lowest BCUT2D eigenvalue weighted by Crippen LogP contribution is -2.34. The van der Waals surface area contributed by atoms with Crippen molar-refractivity contribution in [1.29, 1.82) is 0 Å². The second-order valence-electron chi connectivity index (χ2n) is 4.55. The number of methoxy groups -OCH3 is 2. The molecule has 0 bridgehead atoms. The van der Waals surface area contributed by atoms with Crippen LogP contribution in [-0.2, 0) is 5.54 Å². The van der Waals surface area contributed by atoms with Crippen molar-refractivity contribution < 1.29 is 9.47 Å². The van der Waals surface area contributed by atoms with Crippen molar-refractivity contribution in [2.75, 3.05) is 14.2 Å². The molecule has 2 N–H and O–H groups in total. The molecule has 1 aliphatic carbocycles. The highest BCUT2D eigenvalue weighted by Crippen LogP contribution is 2.45. The summed E-state index contributed by atoms with van der Waals surface area (Å²) in [6, 6.07) is 3.64. The first-order valence-electron chi connectivity index (χ1n) is 5.81. The first kappa shape index (κ1) is 12.5. The molecule has 0 saturated heterocycles. The molecule has 1 saturated carbocycles. The van der Waals surface area contributed by atoms with Gasteiger partial charge in [0.2, 0.25) is 0 Å². The minimum atomic E-state index is -0.352. The van der Waals surface area contributed by atoms with E-state index in [2.05, 4.69) is 0 Å². The van der Waals surface area contributed by atoms with Gasteiger partial charge in [-0.05, 0) is 18.9 Å². The average molecular weight is 256 g/mol. The van der Waals surface area contributed by atoms with Crippen LogP contribution in [0, 0.1) is 0 Å². The molecule has 2 rings (SSSR count). The van der Waals surface area contributed by atoms with Crippen LogP contribution in [0.4, 0.5) is 0 Å². The SMILES string of the molecule is COc1cc(Cl)c(C2(N)CCCC2)c(OC)c1. The first-order valence-corrected chi connectivity index (χ1v) is 6.19. The van der Waals surface area contributed by atoms with E-state index < -0.39 is 0 Å². The molecule has 1 fully saturated rings. The minimum absolute atomic E-state index is 0.352. The Labute approximate surface area is 107 Å². The predicted octanol–water partition coefficient (Wildman–Crippen LogP) is 3.09. The van der Waals surface area contributed by atoms with Crippen molar-refractivity contribution in [3.63, 3.8) is 0 Å². The summed E-state index contributed by atoms with van der Waals surface area (Å²) in [4.78, 5) is 0. The number of nitrogens with two attached hydrogens (primary N) is 1. The lowest BCUT2D eigenvalue weighted by atomic mass is 9.88. The standard InChI is InChI=1S/C13H18ClNO2/c1-16-9-7-10(14)12(11(8-9)17-2)13(15)5-3-4-6-13/h7-8H,3-6,15H2,1-2H3. The van der Waals surface area contributed by atoms with Gasteiger partial charge in [-0.15, -0.1) is 0 Å². The van der Waals surface area contributed by atoms with Crippen molar-refractivity contribution in [1.82, 2.24) is 0 Å². The van der Waals surface area contributed by atoms with Gasteiger partial charge in [0.1, 0.15) is 11.5 Å². The summed E-state index contributed by atoms with van der Waals surface area (Å²) < 4.78 is 10.6. The number of rotatable bonds is 3. The third-order valence-corrected chi connectivity index (χ3v) is 3.77. The molecule has 1 aliphatic rings. The van der Waals surface area contributed by atoms with Gasteiger partial charge in [-0.1, -0.05) is 24.4 Å². The summed E-state index contributed by atoms with van der Waals surface area (Å²) in [5, 5.41) is 0.630. The molecule has 1 aromatic rings. The summed E-state index contributed by atoms with van der Waals surface area (Å²) in [5.41, 5.74) is 7.01. The second kappa shape index (κ2) is 4.75. The molecular weight excluding hydrogens is 238 g/mol. The van der Waals surface area contributed by atoms with Crippen LogP contribution >= 0.6 is 11.6 Å². The fraction of sp³-hybridized carbons (Fsp3) is 0.538. The highest BCUT2D eigenvalue weighted by atomic mass is 35.5. The van der Waals surface area contributed by atoms with Crippen LogP contribution in [0.25, 0.3) is 0 Å². The Balaban J connectivity index is 2.52. The minimum Gasteiger partial charge on any atom is -0.497 e. The zero-order valence-corrected chi connectivity index (χ0v) is 11.0. The van der Waals surface area contributed by atoms with Gasteiger partial charge in [0.05, 0.1) is 19.2 Å². The van der Waals surface area contributed by atoms with E-state index in [0.717, 1.165) is 37.0 Å². The van der Waals surface area contributed by atoms with E-state index in [4.69, 9.17) is 26.8 Å². The van der Waals surface area contributed by atoms with Gasteiger partial charge < -0.3 is 15.2 Å². The third kappa shape index (κ3) is 2.22. The molecule has 17 heavy (non-hydrogen) atoms. The molecule has 0 heterocycles. The Morgan fingerprint density at radius 2 is 1.82 bits per heavy atom. The quantitative estimate of drug-likeness (QED) is 0.903. The van der Waals surface area contributed by atoms with Gasteiger partial charge in [-0.25, -0.2) is 0 Å². The highest BCUT2D eigenvalue weighted by Gasteiger charge is 2.36. The van der Waals surface area contributed by atoms with E-state index in [1.54, 1.807) is 20.3 Å². The maximum Gasteiger partial charge on any atom is 0.129 e. The maximum atomic E-state index is 6.44. The molecule has 0 aromatic heterocycles. The summed E-state index contributed by atoms with van der Waals surface area (Å²) in [6.45, 7) is 0. The van der Waals surface area contributed by atoms with Crippen LogP contribution in [0.3, 0.4) is 0 Å². The van der Waals surface area contributed by atoms with Crippen LogP contribution in [-0.4, -0.2) is 14.2 Å². The van der Waals surface area contributed by atoms with Gasteiger partial charge >= 0.3 is 0 Å². The van der Waals surface area contributed by atoms with Gasteiger partial charge in [0.15, 0.2) is 0 Å². The molecule has 0 atom stereocenters. The normalized spacial score (nSPS) is 18.1. The Morgan fingerprint density at radius 3 is 2.35 bits per heavy atom. The van der Waals surface area contributed by atoms with Crippen LogP contribution in [0.15, 0.2) is 12.1 Å². The summed E-state index contributed by atoms with van der Waals surface area (Å²) in [6.07, 6.45) is 4.19. The van der Waals surface area contributed by atoms with Crippen molar-refractivity contribution in [2.45, 2.75) is 31.2 Å². The molecule has 0 unspecified atom stereocenters. The smallest absolute Gasteiger partial charge is 0.129 e. The maximum absolute atomic E-state index is 6.44. The average Bonchev–Trinajstić information content (AvgIpc) is 2.75. The molecule has 94 valence electrons. The second-order valence-corrected chi connectivity index (χ2v) is 4.96. The van der Waals surface area contributed by atoms with Crippen LogP contribution in [0.5, 0.6) is 11.5 Å². The molecule has 3 nitrogen and oxygen atoms in total. The zero-order valence-electron chi connectivity index (χ0n) is 10.3. The van der Waals surface area contributed by atoms with Gasteiger partial charge in [-0.3, -0.25) is 0 Å². The lowest BCUT2D eigenvalue weighted by Gasteiger charge is -2.27. The van der Waals surface area contributed by atoms with E-state index in [1.807, 2.05) is 6.07 Å². The molecule has 0 radical (unpaired) electrons. The number of hydrogen-bond acceptors (Lipinski definition) is 3. The Morgan fingerprint density at radius 1 is 1.18 bits per heavy atom. The molecule has 0 aliphatic heterocycles. The van der Waals surface area contributed by atoms with Crippen molar-refractivity contribution >= 4 is 11.6 Å². The fourth-order valence-corrected chi connectivity index (χ4v) is 2.96. The first-order chi connectivity index (χ1) is 8.10. The van der Waals surface area contributed by atoms with E-state index in [0.29, 0.717) is 10.8 Å². The van der Waals surface area contributed by atoms with E-state index in [1.165, 1.54) is 0 Å². The molecule has 4 heteroatoms. The monoisotopic (exact) mass is 255 g/mol. The number of benzene rings is 1. The Kier molecular flexibility index (Phi) is 3.50. The van der Waals surface area contributed by atoms with Crippen molar-refractivity contribution in [3.8, 4) is 11.5 Å². The molecular formula is C13H18ClNO2. The van der Waals surface area contributed by atoms with Crippen molar-refractivity contribution in [2.24, 2.45) is 5.73 Å². The lowest BCUT2D eigenvalue weighted by molar-refractivity contribution is 0.370. The highest BCUT2D eigenvalue weighted by molar-refractivity contribution is 6.31. The molecule has 1 aromatic carbocycles. The van der Waals surface area contributed by atoms with Gasteiger partial charge in [-0.2, -0.15) is 0 Å². The van der Waals surface area contributed by atoms with Crippen molar-refractivity contribution in [3.05, 3.63) is 22.7 Å². The zero-order chi connectivity index (χ0) is 12.5. The van der Waals surface area contributed by atoms with Gasteiger partial charge in [0.25, 0.3) is 0 Å². The summed E-state index contributed by atoms with van der Waals surface area (Å²) in [5.74, 6) is 1.41. The number of hydrogen-bond donors (Lipinski definition) is 1. The predicted molar refractivity (Wildman–Crippen MR) is 68.9 cm³/mol. The van der Waals surface area contributed by atoms with Crippen LogP contribution in [0.1, 0.15) is 31.2 Å². The van der Waals surface area contributed by atoms with Crippen LogP contribution in [0.2, 0.25) is 5.02 Å². The van der Waals surface area contributed by atoms with E-state index in [9.17, 15) is 0 Å². The fourth-order valence-electron chi connectivity index (χ4n) is 2.58. The topological polar surface area (TPSA) is 44.5 Å². The summed E-state index contributed by atoms with van der Waals surface area (Å²) >= 11 is 6.32. The number of ether oxygens (including phenoxy) is 2.